The highest BCUT2D eigenvalue weighted by Crippen LogP contribution is 2.25. The van der Waals surface area contributed by atoms with Gasteiger partial charge in [0.25, 0.3) is 0 Å². The van der Waals surface area contributed by atoms with E-state index in [4.69, 9.17) is 5.73 Å². The van der Waals surface area contributed by atoms with E-state index in [0.29, 0.717) is 11.3 Å². The number of nitrogen functional groups attached to an aromatic ring is 1. The van der Waals surface area contributed by atoms with Crippen molar-refractivity contribution >= 4 is 15.7 Å². The molecule has 1 aromatic heterocycles. The standard InChI is InChI=1S/C15H19N3O2S/c1-10-7-8-14(16)15(12(10)3)21(19,20)17-9-13-6-4-5-11(2)18-13/h4-8,17H,9,16H2,1-3H3. The Balaban J connectivity index is 2.29. The number of nitrogens with one attached hydrogen (secondary N) is 1. The topological polar surface area (TPSA) is 85.1 Å². The average molecular weight is 305 g/mol. The first-order valence-corrected chi connectivity index (χ1v) is 8.07. The highest BCUT2D eigenvalue weighted by Gasteiger charge is 2.21. The molecule has 0 radical (unpaired) electrons. The Bertz CT molecular complexity index is 770. The number of hydrogen-bond donors (Lipinski definition) is 2. The molecule has 1 heterocycles. The minimum Gasteiger partial charge on any atom is -0.398 e. The quantitative estimate of drug-likeness (QED) is 0.847. The van der Waals surface area contributed by atoms with Gasteiger partial charge in [0.2, 0.25) is 10.0 Å². The van der Waals surface area contributed by atoms with E-state index in [1.165, 1.54) is 0 Å². The highest BCUT2D eigenvalue weighted by molar-refractivity contribution is 7.89. The molecule has 0 saturated heterocycles. The first-order chi connectivity index (χ1) is 9.81. The van der Waals surface area contributed by atoms with Gasteiger partial charge >= 0.3 is 0 Å². The van der Waals surface area contributed by atoms with Crippen molar-refractivity contribution in [3.8, 4) is 0 Å². The molecule has 2 aromatic rings. The number of sulfonamides is 1. The first-order valence-electron chi connectivity index (χ1n) is 6.59. The monoisotopic (exact) mass is 305 g/mol. The van der Waals surface area contributed by atoms with Crippen LogP contribution in [0.3, 0.4) is 0 Å². The van der Waals surface area contributed by atoms with Crippen LogP contribution in [0.25, 0.3) is 0 Å². The summed E-state index contributed by atoms with van der Waals surface area (Å²) in [5.41, 5.74) is 9.16. The molecule has 1 aromatic carbocycles. The largest absolute Gasteiger partial charge is 0.398 e. The van der Waals surface area contributed by atoms with Gasteiger partial charge in [-0.15, -0.1) is 0 Å². The third kappa shape index (κ3) is 3.40. The molecule has 0 fully saturated rings. The SMILES string of the molecule is Cc1cccc(CNS(=O)(=O)c2c(N)ccc(C)c2C)n1. The Hall–Kier alpha value is -1.92. The normalized spacial score (nSPS) is 11.6. The molecule has 0 aliphatic carbocycles. The highest BCUT2D eigenvalue weighted by atomic mass is 32.2. The van der Waals surface area contributed by atoms with Crippen molar-refractivity contribution in [2.24, 2.45) is 0 Å². The molecule has 3 N–H and O–H groups in total. The van der Waals surface area contributed by atoms with E-state index < -0.39 is 10.0 Å². The van der Waals surface area contributed by atoms with E-state index in [2.05, 4.69) is 9.71 Å². The van der Waals surface area contributed by atoms with Crippen molar-refractivity contribution in [2.45, 2.75) is 32.2 Å². The van der Waals surface area contributed by atoms with Gasteiger partial charge in [-0.1, -0.05) is 12.1 Å². The zero-order chi connectivity index (χ0) is 15.6. The second kappa shape index (κ2) is 5.83. The number of nitrogens with two attached hydrogens (primary N) is 1. The minimum atomic E-state index is -3.67. The van der Waals surface area contributed by atoms with E-state index in [9.17, 15) is 8.42 Å². The summed E-state index contributed by atoms with van der Waals surface area (Å²) in [5, 5.41) is 0. The number of benzene rings is 1. The second-order valence-corrected chi connectivity index (χ2v) is 6.72. The van der Waals surface area contributed by atoms with E-state index >= 15 is 0 Å². The number of rotatable bonds is 4. The van der Waals surface area contributed by atoms with Crippen LogP contribution in [-0.4, -0.2) is 13.4 Å². The summed E-state index contributed by atoms with van der Waals surface area (Å²) >= 11 is 0. The maximum absolute atomic E-state index is 12.5. The zero-order valence-electron chi connectivity index (χ0n) is 12.3. The summed E-state index contributed by atoms with van der Waals surface area (Å²) in [4.78, 5) is 4.42. The Labute approximate surface area is 125 Å². The lowest BCUT2D eigenvalue weighted by Gasteiger charge is -2.13. The van der Waals surface area contributed by atoms with E-state index in [1.54, 1.807) is 19.1 Å². The van der Waals surface area contributed by atoms with E-state index in [-0.39, 0.29) is 17.1 Å². The predicted molar refractivity (Wildman–Crippen MR) is 83.3 cm³/mol. The fourth-order valence-electron chi connectivity index (χ4n) is 2.11. The summed E-state index contributed by atoms with van der Waals surface area (Å²) in [5.74, 6) is 0. The van der Waals surface area contributed by atoms with E-state index in [0.717, 1.165) is 11.3 Å². The molecule has 0 spiro atoms. The molecule has 0 bridgehead atoms. The van der Waals surface area contributed by atoms with Crippen LogP contribution in [0.2, 0.25) is 0 Å². The van der Waals surface area contributed by atoms with Crippen LogP contribution >= 0.6 is 0 Å². The summed E-state index contributed by atoms with van der Waals surface area (Å²) in [6.45, 7) is 5.61. The maximum atomic E-state index is 12.5. The summed E-state index contributed by atoms with van der Waals surface area (Å²) < 4.78 is 27.5. The van der Waals surface area contributed by atoms with Gasteiger partial charge < -0.3 is 5.73 Å². The van der Waals surface area contributed by atoms with Gasteiger partial charge in [0, 0.05) is 5.69 Å². The zero-order valence-corrected chi connectivity index (χ0v) is 13.2. The molecule has 0 atom stereocenters. The van der Waals surface area contributed by atoms with Gasteiger partial charge in [0.15, 0.2) is 0 Å². The molecule has 0 amide bonds. The number of aromatic nitrogens is 1. The van der Waals surface area contributed by atoms with Crippen LogP contribution in [0.1, 0.15) is 22.5 Å². The third-order valence-corrected chi connectivity index (χ3v) is 4.97. The number of hydrogen-bond acceptors (Lipinski definition) is 4. The molecular formula is C15H19N3O2S. The van der Waals surface area contributed by atoms with Gasteiger partial charge in [-0.25, -0.2) is 13.1 Å². The molecular weight excluding hydrogens is 286 g/mol. The maximum Gasteiger partial charge on any atom is 0.243 e. The molecule has 0 aliphatic rings. The Morgan fingerprint density at radius 1 is 1.14 bits per heavy atom. The molecule has 0 saturated carbocycles. The Morgan fingerprint density at radius 3 is 2.52 bits per heavy atom. The molecule has 0 unspecified atom stereocenters. The van der Waals surface area contributed by atoms with Crippen molar-refractivity contribution in [1.82, 2.24) is 9.71 Å². The lowest BCUT2D eigenvalue weighted by atomic mass is 10.1. The van der Waals surface area contributed by atoms with Gasteiger partial charge in [-0.05, 0) is 50.1 Å². The molecule has 2 rings (SSSR count). The second-order valence-electron chi connectivity index (χ2n) is 5.02. The Morgan fingerprint density at radius 2 is 1.86 bits per heavy atom. The lowest BCUT2D eigenvalue weighted by Crippen LogP contribution is -2.25. The van der Waals surface area contributed by atoms with Crippen molar-refractivity contribution in [1.29, 1.82) is 0 Å². The third-order valence-electron chi connectivity index (χ3n) is 3.37. The van der Waals surface area contributed by atoms with Crippen LogP contribution in [0.15, 0.2) is 35.2 Å². The summed E-state index contributed by atoms with van der Waals surface area (Å²) in [7, 11) is -3.67. The smallest absolute Gasteiger partial charge is 0.243 e. The number of aryl methyl sites for hydroxylation is 2. The molecule has 6 heteroatoms. The van der Waals surface area contributed by atoms with Gasteiger partial charge in [0.05, 0.1) is 17.9 Å². The van der Waals surface area contributed by atoms with Crippen molar-refractivity contribution in [2.75, 3.05) is 5.73 Å². The minimum absolute atomic E-state index is 0.136. The fraction of sp³-hybridized carbons (Fsp3) is 0.267. The molecule has 21 heavy (non-hydrogen) atoms. The van der Waals surface area contributed by atoms with Gasteiger partial charge in [-0.3, -0.25) is 4.98 Å². The van der Waals surface area contributed by atoms with Crippen LogP contribution in [-0.2, 0) is 16.6 Å². The fourth-order valence-corrected chi connectivity index (χ4v) is 3.53. The molecule has 5 nitrogen and oxygen atoms in total. The van der Waals surface area contributed by atoms with Gasteiger partial charge in [0.1, 0.15) is 4.90 Å². The van der Waals surface area contributed by atoms with Crippen LogP contribution < -0.4 is 10.5 Å². The number of pyridine rings is 1. The summed E-state index contributed by atoms with van der Waals surface area (Å²) in [6, 6.07) is 8.91. The summed E-state index contributed by atoms with van der Waals surface area (Å²) in [6.07, 6.45) is 0. The first kappa shape index (κ1) is 15.5. The van der Waals surface area contributed by atoms with E-state index in [1.807, 2.05) is 32.0 Å². The average Bonchev–Trinajstić information content (AvgIpc) is 2.41. The van der Waals surface area contributed by atoms with Gasteiger partial charge in [-0.2, -0.15) is 0 Å². The molecule has 0 aliphatic heterocycles. The van der Waals surface area contributed by atoms with Crippen LogP contribution in [0.4, 0.5) is 5.69 Å². The number of nitrogens with zero attached hydrogens (tertiary/aromatic N) is 1. The van der Waals surface area contributed by atoms with Crippen LogP contribution in [0.5, 0.6) is 0 Å². The van der Waals surface area contributed by atoms with Crippen LogP contribution in [0, 0.1) is 20.8 Å². The number of anilines is 1. The van der Waals surface area contributed by atoms with Crippen molar-refractivity contribution < 1.29 is 8.42 Å². The molecule has 112 valence electrons. The predicted octanol–water partition coefficient (Wildman–Crippen LogP) is 2.07. The van der Waals surface area contributed by atoms with Crippen molar-refractivity contribution in [3.05, 3.63) is 52.8 Å². The Kier molecular flexibility index (Phi) is 4.29. The lowest BCUT2D eigenvalue weighted by molar-refractivity contribution is 0.580. The van der Waals surface area contributed by atoms with Crippen molar-refractivity contribution in [3.63, 3.8) is 0 Å².